The van der Waals surface area contributed by atoms with Crippen LogP contribution in [-0.4, -0.2) is 38.2 Å². The number of methoxy groups -OCH3 is 2. The van der Waals surface area contributed by atoms with Crippen LogP contribution < -0.4 is 14.8 Å². The molecule has 128 valence electrons. The molecule has 5 nitrogen and oxygen atoms in total. The minimum absolute atomic E-state index is 0.00770. The fraction of sp³-hybridized carbons (Fsp3) is 0.611. The zero-order valence-electron chi connectivity index (χ0n) is 14.4. The first-order chi connectivity index (χ1) is 11.2. The van der Waals surface area contributed by atoms with E-state index in [0.29, 0.717) is 24.1 Å². The van der Waals surface area contributed by atoms with Crippen molar-refractivity contribution in [3.05, 3.63) is 23.8 Å². The van der Waals surface area contributed by atoms with Crippen LogP contribution in [0.5, 0.6) is 11.5 Å². The van der Waals surface area contributed by atoms with Crippen molar-refractivity contribution in [3.8, 4) is 11.5 Å². The van der Waals surface area contributed by atoms with Crippen molar-refractivity contribution in [2.75, 3.05) is 21.3 Å². The number of rotatable bonds is 5. The van der Waals surface area contributed by atoms with Gasteiger partial charge in [0, 0.05) is 19.6 Å². The molecule has 5 heteroatoms. The molecule has 0 unspecified atom stereocenters. The van der Waals surface area contributed by atoms with Gasteiger partial charge in [0.2, 0.25) is 0 Å². The molecule has 1 saturated carbocycles. The van der Waals surface area contributed by atoms with Crippen molar-refractivity contribution < 1.29 is 14.3 Å². The Kier molecular flexibility index (Phi) is 6.56. The minimum atomic E-state index is -0.00770. The molecule has 0 saturated heterocycles. The molecule has 1 aromatic carbocycles. The van der Waals surface area contributed by atoms with Crippen molar-refractivity contribution >= 4 is 6.03 Å². The molecule has 0 bridgehead atoms. The molecule has 1 aromatic rings. The maximum Gasteiger partial charge on any atom is 0.317 e. The van der Waals surface area contributed by atoms with E-state index in [0.717, 1.165) is 18.4 Å². The number of carbonyl (C=O) groups excluding carboxylic acids is 1. The molecule has 1 aliphatic carbocycles. The first-order valence-electron chi connectivity index (χ1n) is 8.37. The van der Waals surface area contributed by atoms with Gasteiger partial charge in [-0.1, -0.05) is 31.7 Å². The van der Waals surface area contributed by atoms with E-state index in [2.05, 4.69) is 5.32 Å². The number of nitrogens with zero attached hydrogens (tertiary/aromatic N) is 1. The van der Waals surface area contributed by atoms with Crippen LogP contribution in [-0.2, 0) is 6.54 Å². The van der Waals surface area contributed by atoms with Gasteiger partial charge in [0.15, 0.2) is 11.5 Å². The molecule has 0 radical (unpaired) electrons. The Morgan fingerprint density at radius 1 is 1.13 bits per heavy atom. The van der Waals surface area contributed by atoms with E-state index >= 15 is 0 Å². The molecule has 0 aromatic heterocycles. The zero-order chi connectivity index (χ0) is 16.7. The number of urea groups is 1. The second kappa shape index (κ2) is 8.65. The molecule has 1 N–H and O–H groups in total. The standard InChI is InChI=1S/C18H28N2O3/c1-20(15-8-6-4-5-7-9-15)18(21)19-13-14-10-11-16(22-2)17(12-14)23-3/h10-12,15H,4-9,13H2,1-3H3,(H,19,21). The van der Waals surface area contributed by atoms with E-state index in [1.54, 1.807) is 14.2 Å². The third-order valence-electron chi connectivity index (χ3n) is 4.58. The van der Waals surface area contributed by atoms with Crippen LogP contribution in [0.1, 0.15) is 44.1 Å². The third kappa shape index (κ3) is 4.78. The summed E-state index contributed by atoms with van der Waals surface area (Å²) in [6, 6.07) is 6.04. The Balaban J connectivity index is 1.90. The number of hydrogen-bond donors (Lipinski definition) is 1. The van der Waals surface area contributed by atoms with Gasteiger partial charge in [-0.2, -0.15) is 0 Å². The molecule has 0 spiro atoms. The summed E-state index contributed by atoms with van der Waals surface area (Å²) in [7, 11) is 5.13. The van der Waals surface area contributed by atoms with Crippen molar-refractivity contribution in [1.29, 1.82) is 0 Å². The second-order valence-corrected chi connectivity index (χ2v) is 6.10. The third-order valence-corrected chi connectivity index (χ3v) is 4.58. The van der Waals surface area contributed by atoms with Gasteiger partial charge >= 0.3 is 6.03 Å². The van der Waals surface area contributed by atoms with Crippen LogP contribution in [0, 0.1) is 0 Å². The SMILES string of the molecule is COc1ccc(CNC(=O)N(C)C2CCCCCC2)cc1OC. The predicted molar refractivity (Wildman–Crippen MR) is 91.0 cm³/mol. The maximum atomic E-state index is 12.4. The summed E-state index contributed by atoms with van der Waals surface area (Å²) >= 11 is 0. The number of carbonyl (C=O) groups is 1. The summed E-state index contributed by atoms with van der Waals surface area (Å²) in [5.74, 6) is 1.37. The van der Waals surface area contributed by atoms with Gasteiger partial charge in [-0.05, 0) is 30.5 Å². The lowest BCUT2D eigenvalue weighted by atomic mass is 10.1. The van der Waals surface area contributed by atoms with Gasteiger partial charge in [0.25, 0.3) is 0 Å². The molecular formula is C18H28N2O3. The summed E-state index contributed by atoms with van der Waals surface area (Å²) in [5, 5.41) is 3.00. The molecule has 1 aliphatic rings. The van der Waals surface area contributed by atoms with Crippen molar-refractivity contribution in [1.82, 2.24) is 10.2 Å². The van der Waals surface area contributed by atoms with Crippen molar-refractivity contribution in [2.24, 2.45) is 0 Å². The average Bonchev–Trinajstić information content (AvgIpc) is 2.87. The number of ether oxygens (including phenoxy) is 2. The molecule has 0 aliphatic heterocycles. The van der Waals surface area contributed by atoms with Gasteiger partial charge < -0.3 is 19.7 Å². The first-order valence-corrected chi connectivity index (χ1v) is 8.37. The van der Waals surface area contributed by atoms with E-state index in [1.807, 2.05) is 30.1 Å². The largest absolute Gasteiger partial charge is 0.493 e. The highest BCUT2D eigenvalue weighted by atomic mass is 16.5. The van der Waals surface area contributed by atoms with Crippen molar-refractivity contribution in [2.45, 2.75) is 51.1 Å². The lowest BCUT2D eigenvalue weighted by molar-refractivity contribution is 0.183. The molecule has 1 fully saturated rings. The quantitative estimate of drug-likeness (QED) is 0.844. The maximum absolute atomic E-state index is 12.4. The molecular weight excluding hydrogens is 292 g/mol. The van der Waals surface area contributed by atoms with Crippen molar-refractivity contribution in [3.63, 3.8) is 0 Å². The Hall–Kier alpha value is -1.91. The fourth-order valence-corrected chi connectivity index (χ4v) is 3.10. The smallest absolute Gasteiger partial charge is 0.317 e. The molecule has 2 amide bonds. The van der Waals surface area contributed by atoms with Crippen LogP contribution in [0.3, 0.4) is 0 Å². The molecule has 2 rings (SSSR count). The van der Waals surface area contributed by atoms with Crippen LogP contribution >= 0.6 is 0 Å². The van der Waals surface area contributed by atoms with Crippen LogP contribution in [0.15, 0.2) is 18.2 Å². The lowest BCUT2D eigenvalue weighted by Gasteiger charge is -2.27. The number of benzene rings is 1. The Bertz CT molecular complexity index is 511. The predicted octanol–water partition coefficient (Wildman–Crippen LogP) is 3.57. The van der Waals surface area contributed by atoms with Gasteiger partial charge in [0.05, 0.1) is 14.2 Å². The minimum Gasteiger partial charge on any atom is -0.493 e. The molecule has 0 heterocycles. The summed E-state index contributed by atoms with van der Waals surface area (Å²) in [4.78, 5) is 14.2. The number of amides is 2. The van der Waals surface area contributed by atoms with Gasteiger partial charge in [0.1, 0.15) is 0 Å². The highest BCUT2D eigenvalue weighted by Crippen LogP contribution is 2.27. The van der Waals surface area contributed by atoms with E-state index < -0.39 is 0 Å². The average molecular weight is 320 g/mol. The Labute approximate surface area is 139 Å². The number of nitrogens with one attached hydrogen (secondary N) is 1. The molecule has 0 atom stereocenters. The normalized spacial score (nSPS) is 15.6. The highest BCUT2D eigenvalue weighted by Gasteiger charge is 2.20. The van der Waals surface area contributed by atoms with Gasteiger partial charge in [-0.3, -0.25) is 0 Å². The van der Waals surface area contributed by atoms with Crippen LogP contribution in [0.4, 0.5) is 4.79 Å². The van der Waals surface area contributed by atoms with E-state index in [-0.39, 0.29) is 6.03 Å². The Morgan fingerprint density at radius 3 is 2.39 bits per heavy atom. The summed E-state index contributed by atoms with van der Waals surface area (Å²) in [5.41, 5.74) is 0.991. The van der Waals surface area contributed by atoms with Crippen LogP contribution in [0.25, 0.3) is 0 Å². The Morgan fingerprint density at radius 2 is 1.78 bits per heavy atom. The summed E-state index contributed by atoms with van der Waals surface area (Å²) in [6.07, 6.45) is 7.24. The first kappa shape index (κ1) is 17.4. The monoisotopic (exact) mass is 320 g/mol. The van der Waals surface area contributed by atoms with Gasteiger partial charge in [-0.25, -0.2) is 4.79 Å². The fourth-order valence-electron chi connectivity index (χ4n) is 3.10. The second-order valence-electron chi connectivity index (χ2n) is 6.10. The topological polar surface area (TPSA) is 50.8 Å². The lowest BCUT2D eigenvalue weighted by Crippen LogP contribution is -2.43. The van der Waals surface area contributed by atoms with E-state index in [4.69, 9.17) is 9.47 Å². The van der Waals surface area contributed by atoms with Gasteiger partial charge in [-0.15, -0.1) is 0 Å². The molecule has 23 heavy (non-hydrogen) atoms. The van der Waals surface area contributed by atoms with E-state index in [1.165, 1.54) is 25.7 Å². The van der Waals surface area contributed by atoms with Crippen LogP contribution in [0.2, 0.25) is 0 Å². The van der Waals surface area contributed by atoms with E-state index in [9.17, 15) is 4.79 Å². The zero-order valence-corrected chi connectivity index (χ0v) is 14.4. The summed E-state index contributed by atoms with van der Waals surface area (Å²) in [6.45, 7) is 0.482. The highest BCUT2D eigenvalue weighted by molar-refractivity contribution is 5.74. The summed E-state index contributed by atoms with van der Waals surface area (Å²) < 4.78 is 10.5. The number of hydrogen-bond acceptors (Lipinski definition) is 3.